The highest BCUT2D eigenvalue weighted by Crippen LogP contribution is 2.50. The third kappa shape index (κ3) is 1.54. The Hall–Kier alpha value is -0.900. The molecule has 0 spiro atoms. The number of hydrogen-bond donors (Lipinski definition) is 1. The van der Waals surface area contributed by atoms with Crippen molar-refractivity contribution in [3.8, 4) is 0 Å². The molecule has 0 aliphatic heterocycles. The number of nitrogens with two attached hydrogens (primary N) is 1. The van der Waals surface area contributed by atoms with Crippen molar-refractivity contribution in [3.63, 3.8) is 0 Å². The van der Waals surface area contributed by atoms with E-state index in [1.54, 1.807) is 6.33 Å². The standard InChI is InChI=1S/C10H18N4/c1-3-14-9(12-7-13-14)6-10(4-5-10)8(2)11/h7-8H,3-6,11H2,1-2H3. The molecular weight excluding hydrogens is 176 g/mol. The second-order valence-corrected chi connectivity index (χ2v) is 4.32. The van der Waals surface area contributed by atoms with E-state index < -0.39 is 0 Å². The average Bonchev–Trinajstić information content (AvgIpc) is 2.79. The quantitative estimate of drug-likeness (QED) is 0.777. The summed E-state index contributed by atoms with van der Waals surface area (Å²) in [5.41, 5.74) is 6.30. The van der Waals surface area contributed by atoms with Crippen LogP contribution in [0.5, 0.6) is 0 Å². The Morgan fingerprint density at radius 2 is 2.36 bits per heavy atom. The van der Waals surface area contributed by atoms with E-state index in [4.69, 9.17) is 5.73 Å². The van der Waals surface area contributed by atoms with Crippen LogP contribution in [-0.4, -0.2) is 20.8 Å². The van der Waals surface area contributed by atoms with Gasteiger partial charge in [0.1, 0.15) is 12.2 Å². The molecule has 1 saturated carbocycles. The number of nitrogens with zero attached hydrogens (tertiary/aromatic N) is 3. The molecule has 0 amide bonds. The van der Waals surface area contributed by atoms with Crippen molar-refractivity contribution in [2.75, 3.05) is 0 Å². The summed E-state index contributed by atoms with van der Waals surface area (Å²) in [6.45, 7) is 5.08. The van der Waals surface area contributed by atoms with Gasteiger partial charge in [-0.2, -0.15) is 5.10 Å². The molecule has 1 aliphatic carbocycles. The van der Waals surface area contributed by atoms with Gasteiger partial charge in [-0.05, 0) is 32.1 Å². The van der Waals surface area contributed by atoms with Gasteiger partial charge in [0.2, 0.25) is 0 Å². The minimum Gasteiger partial charge on any atom is -0.327 e. The van der Waals surface area contributed by atoms with Gasteiger partial charge in [-0.1, -0.05) is 0 Å². The van der Waals surface area contributed by atoms with E-state index in [-0.39, 0.29) is 6.04 Å². The largest absolute Gasteiger partial charge is 0.327 e. The van der Waals surface area contributed by atoms with E-state index in [1.165, 1.54) is 12.8 Å². The highest BCUT2D eigenvalue weighted by molar-refractivity contribution is 5.06. The van der Waals surface area contributed by atoms with Gasteiger partial charge >= 0.3 is 0 Å². The van der Waals surface area contributed by atoms with Crippen LogP contribution in [-0.2, 0) is 13.0 Å². The molecular formula is C10H18N4. The predicted molar refractivity (Wildman–Crippen MR) is 54.7 cm³/mol. The first-order valence-electron chi connectivity index (χ1n) is 5.30. The minimum absolute atomic E-state index is 0.268. The zero-order chi connectivity index (χ0) is 10.2. The van der Waals surface area contributed by atoms with Crippen LogP contribution in [0.2, 0.25) is 0 Å². The third-order valence-electron chi connectivity index (χ3n) is 3.36. The first-order valence-corrected chi connectivity index (χ1v) is 5.30. The van der Waals surface area contributed by atoms with E-state index in [0.717, 1.165) is 18.8 Å². The van der Waals surface area contributed by atoms with Crippen LogP contribution in [0.3, 0.4) is 0 Å². The van der Waals surface area contributed by atoms with Crippen LogP contribution in [0, 0.1) is 5.41 Å². The first-order chi connectivity index (χ1) is 6.68. The van der Waals surface area contributed by atoms with Crippen molar-refractivity contribution in [2.45, 2.75) is 45.7 Å². The lowest BCUT2D eigenvalue weighted by Crippen LogP contribution is -2.30. The normalized spacial score (nSPS) is 20.8. The Kier molecular flexibility index (Phi) is 2.31. The molecule has 0 bridgehead atoms. The highest BCUT2D eigenvalue weighted by atomic mass is 15.3. The van der Waals surface area contributed by atoms with Gasteiger partial charge in [0.15, 0.2) is 0 Å². The molecule has 0 saturated heterocycles. The van der Waals surface area contributed by atoms with Crippen LogP contribution in [0.15, 0.2) is 6.33 Å². The van der Waals surface area contributed by atoms with Crippen LogP contribution in [0.4, 0.5) is 0 Å². The molecule has 0 aromatic carbocycles. The highest BCUT2D eigenvalue weighted by Gasteiger charge is 2.46. The van der Waals surface area contributed by atoms with Crippen molar-refractivity contribution in [1.82, 2.24) is 14.8 Å². The topological polar surface area (TPSA) is 56.7 Å². The molecule has 14 heavy (non-hydrogen) atoms. The molecule has 1 fully saturated rings. The summed E-state index contributed by atoms with van der Waals surface area (Å²) in [6.07, 6.45) is 5.09. The Morgan fingerprint density at radius 1 is 1.64 bits per heavy atom. The second-order valence-electron chi connectivity index (χ2n) is 4.32. The molecule has 2 N–H and O–H groups in total. The maximum absolute atomic E-state index is 5.98. The molecule has 1 aromatic rings. The molecule has 1 atom stereocenters. The van der Waals surface area contributed by atoms with Crippen LogP contribution < -0.4 is 5.73 Å². The molecule has 1 heterocycles. The van der Waals surface area contributed by atoms with E-state index in [0.29, 0.717) is 5.41 Å². The Labute approximate surface area is 84.5 Å². The smallest absolute Gasteiger partial charge is 0.138 e. The maximum Gasteiger partial charge on any atom is 0.138 e. The maximum atomic E-state index is 5.98. The Balaban J connectivity index is 2.11. The number of aromatic nitrogens is 3. The molecule has 0 radical (unpaired) electrons. The molecule has 4 heteroatoms. The van der Waals surface area contributed by atoms with Gasteiger partial charge in [-0.3, -0.25) is 4.68 Å². The molecule has 1 aromatic heterocycles. The van der Waals surface area contributed by atoms with Crippen LogP contribution >= 0.6 is 0 Å². The molecule has 1 unspecified atom stereocenters. The van der Waals surface area contributed by atoms with Gasteiger partial charge in [0.25, 0.3) is 0 Å². The predicted octanol–water partition coefficient (Wildman–Crippen LogP) is 0.968. The number of aryl methyl sites for hydroxylation is 1. The monoisotopic (exact) mass is 194 g/mol. The summed E-state index contributed by atoms with van der Waals surface area (Å²) in [4.78, 5) is 4.29. The van der Waals surface area contributed by atoms with Crippen LogP contribution in [0.25, 0.3) is 0 Å². The number of hydrogen-bond acceptors (Lipinski definition) is 3. The van der Waals surface area contributed by atoms with E-state index in [9.17, 15) is 0 Å². The Bertz CT molecular complexity index is 312. The van der Waals surface area contributed by atoms with Crippen LogP contribution in [0.1, 0.15) is 32.5 Å². The zero-order valence-electron chi connectivity index (χ0n) is 8.90. The SMILES string of the molecule is CCn1ncnc1CC1(C(C)N)CC1. The first kappa shape index (κ1) is 9.65. The second kappa shape index (κ2) is 3.35. The molecule has 4 nitrogen and oxygen atoms in total. The summed E-state index contributed by atoms with van der Waals surface area (Å²) in [6, 6.07) is 0.268. The van der Waals surface area contributed by atoms with Crippen molar-refractivity contribution < 1.29 is 0 Å². The van der Waals surface area contributed by atoms with Gasteiger partial charge in [-0.25, -0.2) is 4.98 Å². The van der Waals surface area contributed by atoms with Crippen molar-refractivity contribution >= 4 is 0 Å². The fourth-order valence-corrected chi connectivity index (χ4v) is 1.96. The zero-order valence-corrected chi connectivity index (χ0v) is 8.90. The van der Waals surface area contributed by atoms with Crippen molar-refractivity contribution in [2.24, 2.45) is 11.1 Å². The number of rotatable bonds is 4. The van der Waals surface area contributed by atoms with Crippen molar-refractivity contribution in [1.29, 1.82) is 0 Å². The van der Waals surface area contributed by atoms with E-state index >= 15 is 0 Å². The molecule has 78 valence electrons. The van der Waals surface area contributed by atoms with Gasteiger partial charge in [-0.15, -0.1) is 0 Å². The summed E-state index contributed by atoms with van der Waals surface area (Å²) in [7, 11) is 0. The summed E-state index contributed by atoms with van der Waals surface area (Å²) in [5, 5.41) is 4.17. The van der Waals surface area contributed by atoms with E-state index in [2.05, 4.69) is 23.9 Å². The molecule has 2 rings (SSSR count). The van der Waals surface area contributed by atoms with Crippen molar-refractivity contribution in [3.05, 3.63) is 12.2 Å². The lowest BCUT2D eigenvalue weighted by Gasteiger charge is -2.18. The van der Waals surface area contributed by atoms with Gasteiger partial charge in [0.05, 0.1) is 0 Å². The third-order valence-corrected chi connectivity index (χ3v) is 3.36. The van der Waals surface area contributed by atoms with E-state index in [1.807, 2.05) is 4.68 Å². The lowest BCUT2D eigenvalue weighted by molar-refractivity contribution is 0.398. The average molecular weight is 194 g/mol. The minimum atomic E-state index is 0.268. The fraction of sp³-hybridized carbons (Fsp3) is 0.800. The lowest BCUT2D eigenvalue weighted by atomic mass is 9.94. The fourth-order valence-electron chi connectivity index (χ4n) is 1.96. The summed E-state index contributed by atoms with van der Waals surface area (Å²) < 4.78 is 1.96. The Morgan fingerprint density at radius 3 is 2.86 bits per heavy atom. The summed E-state index contributed by atoms with van der Waals surface area (Å²) in [5.74, 6) is 1.09. The van der Waals surface area contributed by atoms with Gasteiger partial charge in [0, 0.05) is 19.0 Å². The summed E-state index contributed by atoms with van der Waals surface area (Å²) >= 11 is 0. The van der Waals surface area contributed by atoms with Gasteiger partial charge < -0.3 is 5.73 Å². The molecule has 1 aliphatic rings.